The van der Waals surface area contributed by atoms with Gasteiger partial charge in [0, 0.05) is 10.8 Å². The van der Waals surface area contributed by atoms with Crippen molar-refractivity contribution < 1.29 is 0 Å². The van der Waals surface area contributed by atoms with Crippen LogP contribution in [-0.4, -0.2) is 0 Å². The van der Waals surface area contributed by atoms with Crippen molar-refractivity contribution in [3.05, 3.63) is 0 Å². The summed E-state index contributed by atoms with van der Waals surface area (Å²) in [6.07, 6.45) is 18.1. The maximum atomic E-state index is 4.03. The average molecular weight is 294 g/mol. The molecule has 0 aromatic rings. The van der Waals surface area contributed by atoms with Gasteiger partial charge in [-0.25, -0.2) is 0 Å². The van der Waals surface area contributed by atoms with Crippen LogP contribution in [0.4, 0.5) is 0 Å². The van der Waals surface area contributed by atoms with E-state index in [0.717, 1.165) is 35.5 Å². The van der Waals surface area contributed by atoms with Crippen LogP contribution in [0.3, 0.4) is 0 Å². The third-order valence-electron chi connectivity index (χ3n) is 8.67. The summed E-state index contributed by atoms with van der Waals surface area (Å²) in [5.74, 6) is 14.4. The molecular formula is C22H30. The van der Waals surface area contributed by atoms with Crippen molar-refractivity contribution in [1.29, 1.82) is 0 Å². The van der Waals surface area contributed by atoms with Crippen LogP contribution in [0.1, 0.15) is 77.0 Å². The van der Waals surface area contributed by atoms with Crippen LogP contribution < -0.4 is 0 Å². The first-order valence-corrected chi connectivity index (χ1v) is 10.2. The minimum Gasteiger partial charge on any atom is -0.0959 e. The van der Waals surface area contributed by atoms with Gasteiger partial charge in [0.2, 0.25) is 0 Å². The molecule has 8 fully saturated rings. The fraction of sp³-hybridized carbons (Fsp3) is 0.909. The summed E-state index contributed by atoms with van der Waals surface area (Å²) in [5, 5.41) is 0. The maximum Gasteiger partial charge on any atom is 0.0322 e. The molecule has 118 valence electrons. The Hall–Kier alpha value is -0.440. The summed E-state index contributed by atoms with van der Waals surface area (Å²) in [6.45, 7) is 0. The largest absolute Gasteiger partial charge is 0.0959 e. The van der Waals surface area contributed by atoms with E-state index in [-0.39, 0.29) is 0 Å². The van der Waals surface area contributed by atoms with E-state index >= 15 is 0 Å². The second kappa shape index (κ2) is 4.15. The van der Waals surface area contributed by atoms with E-state index < -0.39 is 0 Å². The van der Waals surface area contributed by atoms with Crippen molar-refractivity contribution in [2.45, 2.75) is 77.0 Å². The Morgan fingerprint density at radius 2 is 0.636 bits per heavy atom. The van der Waals surface area contributed by atoms with Crippen LogP contribution in [0.25, 0.3) is 0 Å². The molecule has 0 N–H and O–H groups in total. The van der Waals surface area contributed by atoms with Crippen LogP contribution >= 0.6 is 0 Å². The highest BCUT2D eigenvalue weighted by atomic mass is 14.6. The summed E-state index contributed by atoms with van der Waals surface area (Å²) < 4.78 is 0. The molecule has 0 heteroatoms. The van der Waals surface area contributed by atoms with Crippen molar-refractivity contribution in [3.63, 3.8) is 0 Å². The highest BCUT2D eigenvalue weighted by Gasteiger charge is 2.52. The SMILES string of the molecule is C(#CC12CC3CC(CC(C3)C1)C2)C12CC3CC(CC(C3)C1)C2. The lowest BCUT2D eigenvalue weighted by Gasteiger charge is -2.56. The molecule has 0 spiro atoms. The fourth-order valence-electron chi connectivity index (χ4n) is 8.79. The summed E-state index contributed by atoms with van der Waals surface area (Å²) in [7, 11) is 0. The van der Waals surface area contributed by atoms with Crippen molar-refractivity contribution in [3.8, 4) is 11.8 Å². The predicted octanol–water partition coefficient (Wildman–Crippen LogP) is 5.42. The van der Waals surface area contributed by atoms with Gasteiger partial charge in [-0.15, -0.1) is 0 Å². The molecule has 8 bridgehead atoms. The molecule has 8 rings (SSSR count). The summed E-state index contributed by atoms with van der Waals surface area (Å²) >= 11 is 0. The average Bonchev–Trinajstić information content (AvgIpc) is 2.42. The van der Waals surface area contributed by atoms with E-state index in [2.05, 4.69) is 11.8 Å². The fourth-order valence-corrected chi connectivity index (χ4v) is 8.79. The van der Waals surface area contributed by atoms with Gasteiger partial charge in [0.1, 0.15) is 0 Å². The molecule has 0 saturated heterocycles. The molecule has 0 radical (unpaired) electrons. The topological polar surface area (TPSA) is 0 Å². The quantitative estimate of drug-likeness (QED) is 0.523. The highest BCUT2D eigenvalue weighted by Crippen LogP contribution is 2.62. The monoisotopic (exact) mass is 294 g/mol. The zero-order valence-corrected chi connectivity index (χ0v) is 13.9. The van der Waals surface area contributed by atoms with Gasteiger partial charge in [-0.3, -0.25) is 0 Å². The summed E-state index contributed by atoms with van der Waals surface area (Å²) in [6, 6.07) is 0. The Morgan fingerprint density at radius 3 is 0.864 bits per heavy atom. The standard InChI is InChI=1S/C22H30/c1(21-9-15-3-16(10-21)5-17(4-15)11-21)2-22-12-18-6-19(13-22)8-20(7-18)14-22/h15-20H,3-14H2. The predicted molar refractivity (Wildman–Crippen MR) is 89.0 cm³/mol. The van der Waals surface area contributed by atoms with Crippen molar-refractivity contribution in [2.75, 3.05) is 0 Å². The first kappa shape index (κ1) is 12.9. The van der Waals surface area contributed by atoms with E-state index in [1.54, 1.807) is 38.5 Å². The van der Waals surface area contributed by atoms with Crippen LogP contribution in [0.2, 0.25) is 0 Å². The molecule has 0 aromatic heterocycles. The zero-order chi connectivity index (χ0) is 14.4. The van der Waals surface area contributed by atoms with Gasteiger partial charge in [0.15, 0.2) is 0 Å². The van der Waals surface area contributed by atoms with Crippen LogP contribution in [0, 0.1) is 58.2 Å². The number of rotatable bonds is 0. The van der Waals surface area contributed by atoms with Gasteiger partial charge in [-0.05, 0) is 113 Å². The molecule has 8 aliphatic rings. The van der Waals surface area contributed by atoms with E-state index in [1.165, 1.54) is 38.5 Å². The summed E-state index contributed by atoms with van der Waals surface area (Å²) in [4.78, 5) is 0. The van der Waals surface area contributed by atoms with Crippen LogP contribution in [0.15, 0.2) is 0 Å². The van der Waals surface area contributed by atoms with Gasteiger partial charge in [0.05, 0.1) is 0 Å². The first-order chi connectivity index (χ1) is 10.7. The Balaban J connectivity index is 1.32. The van der Waals surface area contributed by atoms with E-state index in [9.17, 15) is 0 Å². The van der Waals surface area contributed by atoms with Crippen molar-refractivity contribution in [1.82, 2.24) is 0 Å². The van der Waals surface area contributed by atoms with Gasteiger partial charge < -0.3 is 0 Å². The molecule has 22 heavy (non-hydrogen) atoms. The van der Waals surface area contributed by atoms with Gasteiger partial charge in [0.25, 0.3) is 0 Å². The second-order valence-corrected chi connectivity index (χ2v) is 10.6. The van der Waals surface area contributed by atoms with E-state index in [4.69, 9.17) is 0 Å². The lowest BCUT2D eigenvalue weighted by Crippen LogP contribution is -2.47. The highest BCUT2D eigenvalue weighted by molar-refractivity contribution is 5.25. The molecule has 8 saturated carbocycles. The van der Waals surface area contributed by atoms with Gasteiger partial charge >= 0.3 is 0 Å². The van der Waals surface area contributed by atoms with E-state index in [0.29, 0.717) is 10.8 Å². The second-order valence-electron chi connectivity index (χ2n) is 10.6. The van der Waals surface area contributed by atoms with Crippen LogP contribution in [-0.2, 0) is 0 Å². The Labute approximate surface area is 135 Å². The number of hydrogen-bond donors (Lipinski definition) is 0. The minimum absolute atomic E-state index is 0.484. The molecule has 0 heterocycles. The van der Waals surface area contributed by atoms with Gasteiger partial charge in [-0.2, -0.15) is 0 Å². The Kier molecular flexibility index (Phi) is 2.43. The molecule has 8 aliphatic carbocycles. The first-order valence-electron chi connectivity index (χ1n) is 10.2. The molecule has 0 aliphatic heterocycles. The lowest BCUT2D eigenvalue weighted by atomic mass is 9.48. The molecule has 0 unspecified atom stereocenters. The third kappa shape index (κ3) is 1.84. The lowest BCUT2D eigenvalue weighted by molar-refractivity contribution is -0.0245. The van der Waals surface area contributed by atoms with Crippen molar-refractivity contribution in [2.24, 2.45) is 46.3 Å². The maximum absolute atomic E-state index is 4.03. The number of hydrogen-bond acceptors (Lipinski definition) is 0. The third-order valence-corrected chi connectivity index (χ3v) is 8.67. The normalized spacial score (nSPS) is 60.4. The van der Waals surface area contributed by atoms with Crippen LogP contribution in [0.5, 0.6) is 0 Å². The smallest absolute Gasteiger partial charge is 0.0322 e. The molecule has 0 atom stereocenters. The molecule has 0 amide bonds. The van der Waals surface area contributed by atoms with E-state index in [1.807, 2.05) is 0 Å². The molecule has 0 aromatic carbocycles. The minimum atomic E-state index is 0.484. The Morgan fingerprint density at radius 1 is 0.409 bits per heavy atom. The summed E-state index contributed by atoms with van der Waals surface area (Å²) in [5.41, 5.74) is 0.968. The zero-order valence-electron chi connectivity index (χ0n) is 13.9. The molecule has 0 nitrogen and oxygen atoms in total. The van der Waals surface area contributed by atoms with Crippen molar-refractivity contribution >= 4 is 0 Å². The Bertz CT molecular complexity index is 438. The molecular weight excluding hydrogens is 264 g/mol. The van der Waals surface area contributed by atoms with Gasteiger partial charge in [-0.1, -0.05) is 11.8 Å².